The van der Waals surface area contributed by atoms with Crippen LogP contribution in [0.3, 0.4) is 0 Å². The molecule has 0 N–H and O–H groups in total. The molecule has 0 unspecified atom stereocenters. The van der Waals surface area contributed by atoms with E-state index in [9.17, 15) is 14.4 Å². The van der Waals surface area contributed by atoms with Crippen molar-refractivity contribution >= 4 is 66.6 Å². The molecule has 0 aliphatic rings. The molecule has 294 valence electrons. The lowest BCUT2D eigenvalue weighted by molar-refractivity contribution is -0.109. The maximum atomic E-state index is 11.5. The van der Waals surface area contributed by atoms with Gasteiger partial charge in [-0.2, -0.15) is 0 Å². The van der Waals surface area contributed by atoms with E-state index in [4.69, 9.17) is 0 Å². The third-order valence-corrected chi connectivity index (χ3v) is 13.6. The van der Waals surface area contributed by atoms with E-state index in [0.717, 1.165) is 76.8 Å². The van der Waals surface area contributed by atoms with E-state index >= 15 is 0 Å². The summed E-state index contributed by atoms with van der Waals surface area (Å²) in [6.45, 7) is 4.81. The third-order valence-electron chi connectivity index (χ3n) is 10.4. The first-order chi connectivity index (χ1) is 28.6. The molecule has 0 bridgehead atoms. The molecular formula is C52H43BrO3S3. The van der Waals surface area contributed by atoms with Gasteiger partial charge in [0.2, 0.25) is 0 Å². The van der Waals surface area contributed by atoms with E-state index in [2.05, 4.69) is 186 Å². The van der Waals surface area contributed by atoms with E-state index in [1.54, 1.807) is 20.8 Å². The normalized spacial score (nSPS) is 11.3. The van der Waals surface area contributed by atoms with Crippen molar-refractivity contribution in [3.05, 3.63) is 213 Å². The Hall–Kier alpha value is -4.92. The molecule has 0 fully saturated rings. The van der Waals surface area contributed by atoms with Crippen LogP contribution in [0.2, 0.25) is 0 Å². The number of halogens is 1. The average molecular weight is 892 g/mol. The molecule has 0 radical (unpaired) electrons. The van der Waals surface area contributed by atoms with Crippen molar-refractivity contribution in [1.82, 2.24) is 0 Å². The number of benzene rings is 7. The van der Waals surface area contributed by atoms with Crippen molar-refractivity contribution in [3.8, 4) is 33.4 Å². The molecule has 3 nitrogen and oxygen atoms in total. The Balaban J connectivity index is 1.32. The minimum Gasteiger partial charge on any atom is -0.288 e. The van der Waals surface area contributed by atoms with E-state index < -0.39 is 5.41 Å². The van der Waals surface area contributed by atoms with Crippen LogP contribution >= 0.6 is 51.2 Å². The van der Waals surface area contributed by atoms with Gasteiger partial charge in [-0.25, -0.2) is 0 Å². The van der Waals surface area contributed by atoms with Gasteiger partial charge >= 0.3 is 0 Å². The summed E-state index contributed by atoms with van der Waals surface area (Å²) >= 11 is 7.68. The van der Waals surface area contributed by atoms with Crippen LogP contribution in [0.25, 0.3) is 33.4 Å². The Morgan fingerprint density at radius 3 is 0.780 bits per heavy atom. The van der Waals surface area contributed by atoms with Gasteiger partial charge in [0.05, 0.1) is 5.41 Å². The number of rotatable bonds is 13. The minimum atomic E-state index is -0.675. The molecule has 0 spiro atoms. The fraction of sp³-hybridized carbons (Fsp3) is 0.135. The smallest absolute Gasteiger partial charge is 0.186 e. The molecule has 7 rings (SSSR count). The van der Waals surface area contributed by atoms with E-state index in [1.807, 2.05) is 0 Å². The van der Waals surface area contributed by atoms with Gasteiger partial charge in [0.15, 0.2) is 15.3 Å². The number of carbonyl (C=O) groups excluding carboxylic acids is 3. The molecular weight excluding hydrogens is 849 g/mol. The fourth-order valence-corrected chi connectivity index (χ4v) is 9.32. The summed E-state index contributed by atoms with van der Waals surface area (Å²) in [6.07, 6.45) is 0. The second-order valence-corrected chi connectivity index (χ2v) is 18.8. The molecule has 7 aromatic rings. The number of hydrogen-bond acceptors (Lipinski definition) is 6. The van der Waals surface area contributed by atoms with E-state index in [-0.39, 0.29) is 15.3 Å². The topological polar surface area (TPSA) is 51.2 Å². The summed E-state index contributed by atoms with van der Waals surface area (Å²) in [4.78, 5) is 34.6. The van der Waals surface area contributed by atoms with Crippen LogP contribution in [0.5, 0.6) is 0 Å². The summed E-state index contributed by atoms with van der Waals surface area (Å²) in [6, 6.07) is 60.9. The second-order valence-electron chi connectivity index (χ2n) is 14.4. The first kappa shape index (κ1) is 42.2. The maximum absolute atomic E-state index is 11.5. The van der Waals surface area contributed by atoms with Crippen LogP contribution in [0.15, 0.2) is 174 Å². The summed E-state index contributed by atoms with van der Waals surface area (Å²) in [5.41, 5.74) is 13.9. The second kappa shape index (κ2) is 19.4. The Bertz CT molecular complexity index is 2280. The quantitative estimate of drug-likeness (QED) is 0.108. The molecule has 0 aliphatic carbocycles. The van der Waals surface area contributed by atoms with Crippen LogP contribution < -0.4 is 0 Å². The standard InChI is InChI=1S/C52H43BrO3S3/c1-35(54)57-32-38-4-10-41(11-5-38)44-16-22-47(23-17-44)52(50-28-30-51(53)31-29-50,48-24-18-45(19-25-48)42-12-6-39(7-13-42)33-58-36(2)55)49-26-20-46(21-27-49)43-14-8-40(9-15-43)34-59-37(3)56/h4-31H,32-34H2,1-3H3. The molecule has 0 aromatic heterocycles. The number of hydrogen-bond donors (Lipinski definition) is 0. The zero-order valence-electron chi connectivity index (χ0n) is 33.1. The SMILES string of the molecule is CC(=O)SCc1ccc(-c2ccc(C(c3ccc(Br)cc3)(c3ccc(-c4ccc(CSC(C)=O)cc4)cc3)c3ccc(-c4ccc(CSC(C)=O)cc4)cc3)cc2)cc1. The third kappa shape index (κ3) is 10.3. The van der Waals surface area contributed by atoms with E-state index in [1.165, 1.54) is 35.3 Å². The van der Waals surface area contributed by atoms with Crippen molar-refractivity contribution in [3.63, 3.8) is 0 Å². The molecule has 0 heterocycles. The molecule has 0 aliphatic heterocycles. The van der Waals surface area contributed by atoms with Gasteiger partial charge in [-0.15, -0.1) is 0 Å². The highest BCUT2D eigenvalue weighted by molar-refractivity contribution is 9.10. The van der Waals surface area contributed by atoms with Gasteiger partial charge in [-0.3, -0.25) is 14.4 Å². The van der Waals surface area contributed by atoms with Crippen molar-refractivity contribution in [2.24, 2.45) is 0 Å². The first-order valence-corrected chi connectivity index (χ1v) is 23.1. The Kier molecular flexibility index (Phi) is 13.9. The zero-order valence-corrected chi connectivity index (χ0v) is 37.2. The van der Waals surface area contributed by atoms with E-state index in [0.29, 0.717) is 17.3 Å². The van der Waals surface area contributed by atoms with Crippen LogP contribution in [0, 0.1) is 0 Å². The monoisotopic (exact) mass is 890 g/mol. The fourth-order valence-electron chi connectivity index (χ4n) is 7.37. The van der Waals surface area contributed by atoms with Gasteiger partial charge < -0.3 is 0 Å². The van der Waals surface area contributed by atoms with Crippen molar-refractivity contribution in [2.45, 2.75) is 43.4 Å². The lowest BCUT2D eigenvalue weighted by Gasteiger charge is -2.37. The maximum Gasteiger partial charge on any atom is 0.186 e. The summed E-state index contributed by atoms with van der Waals surface area (Å²) in [5, 5.41) is 0.358. The molecule has 7 aromatic carbocycles. The summed E-state index contributed by atoms with van der Waals surface area (Å²) < 4.78 is 1.01. The highest BCUT2D eigenvalue weighted by atomic mass is 79.9. The van der Waals surface area contributed by atoms with Crippen molar-refractivity contribution in [1.29, 1.82) is 0 Å². The van der Waals surface area contributed by atoms with Crippen LogP contribution in [-0.2, 0) is 37.1 Å². The highest BCUT2D eigenvalue weighted by Gasteiger charge is 2.38. The molecule has 7 heteroatoms. The van der Waals surface area contributed by atoms with Crippen LogP contribution in [-0.4, -0.2) is 15.3 Å². The predicted molar refractivity (Wildman–Crippen MR) is 255 cm³/mol. The first-order valence-electron chi connectivity index (χ1n) is 19.3. The van der Waals surface area contributed by atoms with Gasteiger partial charge in [0, 0.05) is 42.5 Å². The zero-order chi connectivity index (χ0) is 41.4. The lowest BCUT2D eigenvalue weighted by Crippen LogP contribution is -2.31. The Morgan fingerprint density at radius 1 is 0.356 bits per heavy atom. The predicted octanol–water partition coefficient (Wildman–Crippen LogP) is 14.2. The Labute approximate surface area is 368 Å². The molecule has 59 heavy (non-hydrogen) atoms. The number of carbonyl (C=O) groups is 3. The summed E-state index contributed by atoms with van der Waals surface area (Å²) in [5.74, 6) is 2.00. The van der Waals surface area contributed by atoms with Crippen LogP contribution in [0.1, 0.15) is 59.7 Å². The molecule has 0 amide bonds. The molecule has 0 atom stereocenters. The largest absolute Gasteiger partial charge is 0.288 e. The minimum absolute atomic E-state index is 0.119. The van der Waals surface area contributed by atoms with Crippen LogP contribution in [0.4, 0.5) is 0 Å². The van der Waals surface area contributed by atoms with Gasteiger partial charge in [0.1, 0.15) is 0 Å². The average Bonchev–Trinajstić information content (AvgIpc) is 3.26. The van der Waals surface area contributed by atoms with Crippen molar-refractivity contribution in [2.75, 3.05) is 0 Å². The lowest BCUT2D eigenvalue weighted by atomic mass is 9.64. The Morgan fingerprint density at radius 2 is 0.559 bits per heavy atom. The highest BCUT2D eigenvalue weighted by Crippen LogP contribution is 2.47. The van der Waals surface area contributed by atoms with Gasteiger partial charge in [-0.1, -0.05) is 209 Å². The van der Waals surface area contributed by atoms with Gasteiger partial charge in [0.25, 0.3) is 0 Å². The number of thioether (sulfide) groups is 3. The van der Waals surface area contributed by atoms with Gasteiger partial charge in [-0.05, 0) is 84.5 Å². The summed E-state index contributed by atoms with van der Waals surface area (Å²) in [7, 11) is 0. The van der Waals surface area contributed by atoms with Crippen molar-refractivity contribution < 1.29 is 14.4 Å². The molecule has 0 saturated heterocycles. The molecule has 0 saturated carbocycles.